The Morgan fingerprint density at radius 1 is 0.907 bits per heavy atom. The summed E-state index contributed by atoms with van der Waals surface area (Å²) in [7, 11) is 0. The largest absolute Gasteiger partial charge is 0.481 e. The molecule has 2 unspecified atom stereocenters. The lowest BCUT2D eigenvalue weighted by molar-refractivity contribution is -0.384. The van der Waals surface area contributed by atoms with E-state index < -0.39 is 70.6 Å². The maximum Gasteiger partial charge on any atom is 0.324 e. The second-order valence-corrected chi connectivity index (χ2v) is 9.27. The van der Waals surface area contributed by atoms with Gasteiger partial charge in [-0.05, 0) is 35.9 Å². The molecule has 1 aliphatic heterocycles. The molecule has 0 saturated carbocycles. The lowest BCUT2D eigenvalue weighted by Gasteiger charge is -2.31. The molecule has 13 nitrogen and oxygen atoms in total. The van der Waals surface area contributed by atoms with Crippen molar-refractivity contribution in [3.05, 3.63) is 99.9 Å². The molecule has 3 aromatic rings. The SMILES string of the molecule is O=C(O)CC(NC(=O)C1N(C(=O)Nc2cccc(F)c2)CCN1C(=O)Nc1ccc(F)cc1F)c1cccc([N+](=O)[O-])c1. The lowest BCUT2D eigenvalue weighted by Crippen LogP contribution is -2.56. The second kappa shape index (κ2) is 12.9. The van der Waals surface area contributed by atoms with E-state index in [0.717, 1.165) is 40.1 Å². The molecule has 0 spiro atoms. The van der Waals surface area contributed by atoms with Crippen LogP contribution in [0.2, 0.25) is 0 Å². The lowest BCUT2D eigenvalue weighted by atomic mass is 10.0. The number of rotatable bonds is 8. The number of carboxylic acid groups (broad SMARTS) is 1. The fourth-order valence-electron chi connectivity index (χ4n) is 4.40. The Morgan fingerprint density at radius 3 is 2.19 bits per heavy atom. The third-order valence-electron chi connectivity index (χ3n) is 6.36. The maximum atomic E-state index is 14.2. The van der Waals surface area contributed by atoms with E-state index in [1.165, 1.54) is 30.3 Å². The molecule has 0 radical (unpaired) electrons. The van der Waals surface area contributed by atoms with Crippen LogP contribution in [0.25, 0.3) is 0 Å². The summed E-state index contributed by atoms with van der Waals surface area (Å²) >= 11 is 0. The van der Waals surface area contributed by atoms with E-state index in [2.05, 4.69) is 16.0 Å². The van der Waals surface area contributed by atoms with Crippen LogP contribution in [0.5, 0.6) is 0 Å². The Labute approximate surface area is 241 Å². The number of carbonyl (C=O) groups excluding carboxylic acids is 3. The van der Waals surface area contributed by atoms with Crippen molar-refractivity contribution < 1.29 is 42.4 Å². The summed E-state index contributed by atoms with van der Waals surface area (Å²) in [5, 5.41) is 27.8. The van der Waals surface area contributed by atoms with E-state index in [1.807, 2.05) is 0 Å². The molecule has 0 bridgehead atoms. The van der Waals surface area contributed by atoms with Gasteiger partial charge in [-0.25, -0.2) is 22.8 Å². The number of hydrogen-bond donors (Lipinski definition) is 4. The third kappa shape index (κ3) is 7.35. The van der Waals surface area contributed by atoms with Gasteiger partial charge in [0.15, 0.2) is 6.17 Å². The Morgan fingerprint density at radius 2 is 1.56 bits per heavy atom. The monoisotopic (exact) mass is 600 g/mol. The fourth-order valence-corrected chi connectivity index (χ4v) is 4.40. The molecule has 5 amide bonds. The van der Waals surface area contributed by atoms with E-state index in [-0.39, 0.29) is 30.0 Å². The zero-order valence-corrected chi connectivity index (χ0v) is 22.0. The van der Waals surface area contributed by atoms with Crippen LogP contribution in [-0.2, 0) is 9.59 Å². The Kier molecular flexibility index (Phi) is 9.08. The number of carbonyl (C=O) groups is 4. The first-order valence-corrected chi connectivity index (χ1v) is 12.6. The Hall–Kier alpha value is -5.67. The first kappa shape index (κ1) is 30.3. The van der Waals surface area contributed by atoms with Crippen molar-refractivity contribution in [2.75, 3.05) is 23.7 Å². The third-order valence-corrected chi connectivity index (χ3v) is 6.36. The second-order valence-electron chi connectivity index (χ2n) is 9.27. The molecule has 4 rings (SSSR count). The number of nitrogens with one attached hydrogen (secondary N) is 3. The highest BCUT2D eigenvalue weighted by Gasteiger charge is 2.44. The van der Waals surface area contributed by atoms with Gasteiger partial charge in [0.25, 0.3) is 11.6 Å². The molecular weight excluding hydrogens is 577 g/mol. The molecule has 1 fully saturated rings. The normalized spacial score (nSPS) is 15.0. The van der Waals surface area contributed by atoms with Gasteiger partial charge >= 0.3 is 18.0 Å². The zero-order chi connectivity index (χ0) is 31.3. The van der Waals surface area contributed by atoms with Gasteiger partial charge in [-0.1, -0.05) is 18.2 Å². The van der Waals surface area contributed by atoms with Crippen LogP contribution in [0.4, 0.5) is 39.8 Å². The molecule has 1 heterocycles. The van der Waals surface area contributed by atoms with Crippen LogP contribution in [0.15, 0.2) is 66.7 Å². The number of nitro groups is 1. The smallest absolute Gasteiger partial charge is 0.324 e. The number of nitrogens with zero attached hydrogens (tertiary/aromatic N) is 3. The van der Waals surface area contributed by atoms with Crippen LogP contribution in [0.3, 0.4) is 0 Å². The first-order valence-electron chi connectivity index (χ1n) is 12.6. The number of aliphatic carboxylic acids is 1. The van der Waals surface area contributed by atoms with E-state index in [0.29, 0.717) is 6.07 Å². The van der Waals surface area contributed by atoms with Gasteiger partial charge in [0.1, 0.15) is 17.5 Å². The maximum absolute atomic E-state index is 14.2. The predicted molar refractivity (Wildman–Crippen MR) is 144 cm³/mol. The standard InChI is InChI=1S/C27H23F3N6O7/c28-16-4-2-5-18(12-16)31-26(40)34-9-10-35(27(41)33-21-8-7-17(29)13-20(21)30)25(34)24(39)32-22(14-23(37)38)15-3-1-6-19(11-15)36(42)43/h1-8,11-13,22,25H,9-10,14H2,(H,31,40)(H,32,39)(H,33,41)(H,37,38). The van der Waals surface area contributed by atoms with Crippen molar-refractivity contribution in [3.8, 4) is 0 Å². The Balaban J connectivity index is 1.65. The average Bonchev–Trinajstić information content (AvgIpc) is 3.40. The minimum atomic E-state index is -1.74. The highest BCUT2D eigenvalue weighted by molar-refractivity contribution is 5.98. The molecule has 224 valence electrons. The Bertz CT molecular complexity index is 1590. The molecule has 43 heavy (non-hydrogen) atoms. The van der Waals surface area contributed by atoms with Crippen LogP contribution < -0.4 is 16.0 Å². The number of benzene rings is 3. The van der Waals surface area contributed by atoms with Crippen molar-refractivity contribution in [2.45, 2.75) is 18.6 Å². The van der Waals surface area contributed by atoms with Crippen molar-refractivity contribution in [1.29, 1.82) is 0 Å². The number of non-ortho nitro benzene ring substituents is 1. The van der Waals surface area contributed by atoms with Gasteiger partial charge in [0.05, 0.1) is 23.1 Å². The number of carboxylic acids is 1. The first-order chi connectivity index (χ1) is 20.4. The number of anilines is 2. The quantitative estimate of drug-likeness (QED) is 0.223. The topological polar surface area (TPSA) is 174 Å². The summed E-state index contributed by atoms with van der Waals surface area (Å²) in [6, 6.07) is 8.77. The summed E-state index contributed by atoms with van der Waals surface area (Å²) in [4.78, 5) is 64.0. The fraction of sp³-hybridized carbons (Fsp3) is 0.185. The van der Waals surface area contributed by atoms with E-state index in [4.69, 9.17) is 0 Å². The van der Waals surface area contributed by atoms with E-state index >= 15 is 0 Å². The summed E-state index contributed by atoms with van der Waals surface area (Å²) in [6.07, 6.45) is -2.46. The zero-order valence-electron chi connectivity index (χ0n) is 22.0. The molecule has 3 aromatic carbocycles. The molecule has 2 atom stereocenters. The van der Waals surface area contributed by atoms with Crippen LogP contribution in [0, 0.1) is 27.6 Å². The molecule has 0 aliphatic carbocycles. The molecular formula is C27H23F3N6O7. The number of nitro benzene ring substituents is 1. The van der Waals surface area contributed by atoms with Gasteiger partial charge < -0.3 is 21.1 Å². The van der Waals surface area contributed by atoms with Gasteiger partial charge in [-0.2, -0.15) is 0 Å². The molecule has 16 heteroatoms. The summed E-state index contributed by atoms with van der Waals surface area (Å²) in [5.41, 5.74) is -0.709. The van der Waals surface area contributed by atoms with Crippen LogP contribution in [-0.4, -0.2) is 63.0 Å². The molecule has 1 aliphatic rings. The summed E-state index contributed by atoms with van der Waals surface area (Å²) < 4.78 is 41.3. The highest BCUT2D eigenvalue weighted by Crippen LogP contribution is 2.25. The number of amides is 5. The average molecular weight is 601 g/mol. The molecule has 1 saturated heterocycles. The van der Waals surface area contributed by atoms with Crippen molar-refractivity contribution in [2.24, 2.45) is 0 Å². The van der Waals surface area contributed by atoms with E-state index in [9.17, 15) is 47.6 Å². The molecule has 4 N–H and O–H groups in total. The van der Waals surface area contributed by atoms with Crippen molar-refractivity contribution >= 4 is 41.0 Å². The van der Waals surface area contributed by atoms with Gasteiger partial charge in [-0.3, -0.25) is 29.5 Å². The minimum absolute atomic E-state index is 0.0285. The van der Waals surface area contributed by atoms with Gasteiger partial charge in [-0.15, -0.1) is 0 Å². The number of halogens is 3. The number of hydrogen-bond acceptors (Lipinski definition) is 6. The summed E-state index contributed by atoms with van der Waals surface area (Å²) in [5.74, 6) is -5.10. The van der Waals surface area contributed by atoms with Crippen molar-refractivity contribution in [1.82, 2.24) is 15.1 Å². The number of urea groups is 2. The van der Waals surface area contributed by atoms with Crippen LogP contribution in [0.1, 0.15) is 18.0 Å². The summed E-state index contributed by atoms with van der Waals surface area (Å²) in [6.45, 7) is -0.497. The van der Waals surface area contributed by atoms with Gasteiger partial charge in [0, 0.05) is 37.0 Å². The molecule has 0 aromatic heterocycles. The minimum Gasteiger partial charge on any atom is -0.481 e. The van der Waals surface area contributed by atoms with Crippen molar-refractivity contribution in [3.63, 3.8) is 0 Å². The van der Waals surface area contributed by atoms with E-state index in [1.54, 1.807) is 0 Å². The highest BCUT2D eigenvalue weighted by atomic mass is 19.1. The van der Waals surface area contributed by atoms with Crippen LogP contribution >= 0.6 is 0 Å². The predicted octanol–water partition coefficient (Wildman–Crippen LogP) is 4.05. The van der Waals surface area contributed by atoms with Gasteiger partial charge in [0.2, 0.25) is 0 Å².